The Morgan fingerprint density at radius 2 is 2.04 bits per heavy atom. The Labute approximate surface area is 152 Å². The number of benzene rings is 1. The Balaban J connectivity index is 1.77. The standard InChI is InChI=1S/C20H23N3OS/c1-13-8-4-5-10-17(13)23-20-16(15(3)21-23)12-18(25-20)19(24)22-11-7-6-9-14(22)2/h4-5,8,10,12,14H,6-7,9,11H2,1-3H3. The highest BCUT2D eigenvalue weighted by Gasteiger charge is 2.26. The SMILES string of the molecule is Cc1ccccc1-n1nc(C)c2cc(C(=O)N3CCCCC3C)sc21. The normalized spacial score (nSPS) is 18.0. The van der Waals surface area contributed by atoms with E-state index in [9.17, 15) is 4.79 Å². The fourth-order valence-corrected chi connectivity index (χ4v) is 4.79. The minimum Gasteiger partial charge on any atom is -0.335 e. The zero-order chi connectivity index (χ0) is 17.6. The number of fused-ring (bicyclic) bond motifs is 1. The van der Waals surface area contributed by atoms with E-state index in [1.165, 1.54) is 12.0 Å². The fraction of sp³-hybridized carbons (Fsp3) is 0.400. The van der Waals surface area contributed by atoms with Crippen LogP contribution in [0.1, 0.15) is 47.1 Å². The zero-order valence-electron chi connectivity index (χ0n) is 15.0. The van der Waals surface area contributed by atoms with E-state index in [4.69, 9.17) is 5.10 Å². The molecule has 0 aliphatic carbocycles. The summed E-state index contributed by atoms with van der Waals surface area (Å²) < 4.78 is 1.99. The lowest BCUT2D eigenvalue weighted by atomic mass is 10.0. The van der Waals surface area contributed by atoms with Gasteiger partial charge in [0.1, 0.15) is 4.83 Å². The second kappa shape index (κ2) is 6.30. The number of thiophene rings is 1. The Kier molecular flexibility index (Phi) is 4.12. The first kappa shape index (κ1) is 16.3. The predicted molar refractivity (Wildman–Crippen MR) is 103 cm³/mol. The number of hydrogen-bond donors (Lipinski definition) is 0. The van der Waals surface area contributed by atoms with Gasteiger partial charge in [-0.15, -0.1) is 11.3 Å². The van der Waals surface area contributed by atoms with Gasteiger partial charge in [-0.25, -0.2) is 4.68 Å². The molecule has 1 atom stereocenters. The summed E-state index contributed by atoms with van der Waals surface area (Å²) in [6, 6.07) is 10.6. The van der Waals surface area contributed by atoms with Crippen LogP contribution in [-0.2, 0) is 0 Å². The molecule has 1 unspecified atom stereocenters. The summed E-state index contributed by atoms with van der Waals surface area (Å²) in [5.74, 6) is 0.170. The van der Waals surface area contributed by atoms with Gasteiger partial charge in [-0.05, 0) is 57.7 Å². The van der Waals surface area contributed by atoms with Crippen LogP contribution in [0, 0.1) is 13.8 Å². The average molecular weight is 353 g/mol. The highest BCUT2D eigenvalue weighted by Crippen LogP contribution is 2.32. The minimum absolute atomic E-state index is 0.170. The first-order valence-electron chi connectivity index (χ1n) is 8.92. The second-order valence-electron chi connectivity index (χ2n) is 6.96. The van der Waals surface area contributed by atoms with Crippen LogP contribution in [0.15, 0.2) is 30.3 Å². The van der Waals surface area contributed by atoms with Crippen LogP contribution in [0.5, 0.6) is 0 Å². The van der Waals surface area contributed by atoms with Crippen LogP contribution >= 0.6 is 11.3 Å². The van der Waals surface area contributed by atoms with Crippen LogP contribution in [0.2, 0.25) is 0 Å². The third-order valence-electron chi connectivity index (χ3n) is 5.16. The number of carbonyl (C=O) groups excluding carboxylic acids is 1. The fourth-order valence-electron chi connectivity index (χ4n) is 3.66. The number of aromatic nitrogens is 2. The molecule has 1 aliphatic heterocycles. The largest absolute Gasteiger partial charge is 0.335 e. The summed E-state index contributed by atoms with van der Waals surface area (Å²) >= 11 is 1.56. The topological polar surface area (TPSA) is 38.1 Å². The Hall–Kier alpha value is -2.14. The number of carbonyl (C=O) groups is 1. The van der Waals surface area contributed by atoms with Crippen molar-refractivity contribution in [1.29, 1.82) is 0 Å². The van der Waals surface area contributed by atoms with Gasteiger partial charge in [-0.1, -0.05) is 18.2 Å². The molecule has 4 rings (SSSR count). The number of rotatable bonds is 2. The Bertz CT molecular complexity index is 940. The van der Waals surface area contributed by atoms with Crippen LogP contribution in [0.25, 0.3) is 15.9 Å². The van der Waals surface area contributed by atoms with Crippen molar-refractivity contribution in [2.24, 2.45) is 0 Å². The molecule has 2 aromatic heterocycles. The van der Waals surface area contributed by atoms with E-state index in [-0.39, 0.29) is 5.91 Å². The molecule has 1 saturated heterocycles. The number of para-hydroxylation sites is 1. The van der Waals surface area contributed by atoms with Gasteiger partial charge in [0.25, 0.3) is 5.91 Å². The van der Waals surface area contributed by atoms with Gasteiger partial charge in [0, 0.05) is 18.0 Å². The summed E-state index contributed by atoms with van der Waals surface area (Å²) in [4.78, 5) is 16.9. The molecule has 0 radical (unpaired) electrons. The number of amides is 1. The quantitative estimate of drug-likeness (QED) is 0.669. The van der Waals surface area contributed by atoms with Crippen molar-refractivity contribution < 1.29 is 4.79 Å². The molecule has 3 heterocycles. The molecule has 0 bridgehead atoms. The van der Waals surface area contributed by atoms with Crippen molar-refractivity contribution >= 4 is 27.5 Å². The van der Waals surface area contributed by atoms with Crippen molar-refractivity contribution in [3.8, 4) is 5.69 Å². The molecule has 0 saturated carbocycles. The van der Waals surface area contributed by atoms with Gasteiger partial charge >= 0.3 is 0 Å². The second-order valence-corrected chi connectivity index (χ2v) is 7.99. The van der Waals surface area contributed by atoms with Crippen molar-refractivity contribution in [1.82, 2.24) is 14.7 Å². The lowest BCUT2D eigenvalue weighted by Gasteiger charge is -2.33. The van der Waals surface area contributed by atoms with Crippen LogP contribution in [-0.4, -0.2) is 33.2 Å². The maximum absolute atomic E-state index is 13.0. The molecule has 3 aromatic rings. The van der Waals surface area contributed by atoms with Gasteiger partial charge < -0.3 is 4.90 Å². The molecule has 1 aromatic carbocycles. The zero-order valence-corrected chi connectivity index (χ0v) is 15.8. The van der Waals surface area contributed by atoms with Crippen molar-refractivity contribution in [2.45, 2.75) is 46.1 Å². The third kappa shape index (κ3) is 2.76. The lowest BCUT2D eigenvalue weighted by molar-refractivity contribution is 0.0641. The highest BCUT2D eigenvalue weighted by atomic mass is 32.1. The molecule has 1 aliphatic rings. The van der Waals surface area contributed by atoms with Crippen molar-refractivity contribution in [3.05, 3.63) is 46.5 Å². The summed E-state index contributed by atoms with van der Waals surface area (Å²) in [6.45, 7) is 7.14. The number of aryl methyl sites for hydroxylation is 2. The molecule has 25 heavy (non-hydrogen) atoms. The molecular weight excluding hydrogens is 330 g/mol. The molecular formula is C20H23N3OS. The van der Waals surface area contributed by atoms with Crippen molar-refractivity contribution in [2.75, 3.05) is 6.54 Å². The first-order valence-corrected chi connectivity index (χ1v) is 9.74. The predicted octanol–water partition coefficient (Wildman–Crippen LogP) is 4.72. The molecule has 0 N–H and O–H groups in total. The van der Waals surface area contributed by atoms with E-state index >= 15 is 0 Å². The third-order valence-corrected chi connectivity index (χ3v) is 6.26. The number of piperidine rings is 1. The summed E-state index contributed by atoms with van der Waals surface area (Å²) in [6.07, 6.45) is 3.43. The van der Waals surface area contributed by atoms with Gasteiger partial charge in [-0.3, -0.25) is 4.79 Å². The lowest BCUT2D eigenvalue weighted by Crippen LogP contribution is -2.41. The molecule has 1 amide bonds. The van der Waals surface area contributed by atoms with E-state index in [0.717, 1.165) is 45.9 Å². The highest BCUT2D eigenvalue weighted by molar-refractivity contribution is 7.20. The van der Waals surface area contributed by atoms with Gasteiger partial charge in [-0.2, -0.15) is 5.10 Å². The monoisotopic (exact) mass is 353 g/mol. The number of likely N-dealkylation sites (tertiary alicyclic amines) is 1. The summed E-state index contributed by atoms with van der Waals surface area (Å²) in [5.41, 5.74) is 3.23. The maximum Gasteiger partial charge on any atom is 0.264 e. The first-order chi connectivity index (χ1) is 12.1. The van der Waals surface area contributed by atoms with E-state index in [1.54, 1.807) is 11.3 Å². The Morgan fingerprint density at radius 3 is 2.80 bits per heavy atom. The summed E-state index contributed by atoms with van der Waals surface area (Å²) in [5, 5.41) is 5.80. The van der Waals surface area contributed by atoms with Crippen LogP contribution < -0.4 is 0 Å². The summed E-state index contributed by atoms with van der Waals surface area (Å²) in [7, 11) is 0. The minimum atomic E-state index is 0.170. The van der Waals surface area contributed by atoms with Crippen LogP contribution in [0.3, 0.4) is 0 Å². The van der Waals surface area contributed by atoms with Gasteiger partial charge in [0.2, 0.25) is 0 Å². The van der Waals surface area contributed by atoms with E-state index < -0.39 is 0 Å². The molecule has 0 spiro atoms. The molecule has 1 fully saturated rings. The average Bonchev–Trinajstić information content (AvgIpc) is 3.16. The van der Waals surface area contributed by atoms with Crippen LogP contribution in [0.4, 0.5) is 0 Å². The van der Waals surface area contributed by atoms with E-state index in [1.807, 2.05) is 34.7 Å². The maximum atomic E-state index is 13.0. The molecule has 5 heteroatoms. The van der Waals surface area contributed by atoms with Crippen molar-refractivity contribution in [3.63, 3.8) is 0 Å². The van der Waals surface area contributed by atoms with E-state index in [2.05, 4.69) is 26.0 Å². The number of nitrogens with zero attached hydrogens (tertiary/aromatic N) is 3. The molecule has 130 valence electrons. The van der Waals surface area contributed by atoms with Gasteiger partial charge in [0.15, 0.2) is 0 Å². The van der Waals surface area contributed by atoms with E-state index in [0.29, 0.717) is 6.04 Å². The van der Waals surface area contributed by atoms with Gasteiger partial charge in [0.05, 0.1) is 16.3 Å². The number of hydrogen-bond acceptors (Lipinski definition) is 3. The smallest absolute Gasteiger partial charge is 0.264 e. The molecule has 4 nitrogen and oxygen atoms in total. The Morgan fingerprint density at radius 1 is 1.24 bits per heavy atom.